The van der Waals surface area contributed by atoms with Crippen LogP contribution in [0.5, 0.6) is 0 Å². The molecule has 0 heterocycles. The van der Waals surface area contributed by atoms with Crippen molar-refractivity contribution in [3.63, 3.8) is 0 Å². The molecular formula is C10H19F3N2. The third kappa shape index (κ3) is 3.08. The van der Waals surface area contributed by atoms with Gasteiger partial charge in [0.05, 0.1) is 0 Å². The second-order valence-corrected chi connectivity index (χ2v) is 4.06. The van der Waals surface area contributed by atoms with Crippen molar-refractivity contribution in [2.45, 2.75) is 50.9 Å². The first-order valence-electron chi connectivity index (χ1n) is 5.53. The number of nitrogens with two attached hydrogens (primary N) is 1. The summed E-state index contributed by atoms with van der Waals surface area (Å²) in [6, 6.07) is -1.39. The number of halogens is 3. The normalized spacial score (nSPS) is 21.2. The molecule has 0 aliphatic heterocycles. The van der Waals surface area contributed by atoms with E-state index in [1.807, 2.05) is 0 Å². The number of likely N-dealkylation sites (N-methyl/N-ethyl adjacent to an activating group) is 1. The first kappa shape index (κ1) is 12.8. The SMILES string of the molecule is CCN(C1CCCC1)C(CN)C(F)(F)F. The van der Waals surface area contributed by atoms with Crippen LogP contribution in [0.4, 0.5) is 13.2 Å². The standard InChI is InChI=1S/C10H19F3N2/c1-2-15(8-5-3-4-6-8)9(7-14)10(11,12)13/h8-9H,2-7,14H2,1H3. The van der Waals surface area contributed by atoms with Gasteiger partial charge in [0.2, 0.25) is 0 Å². The maximum absolute atomic E-state index is 12.7. The molecule has 0 aromatic carbocycles. The molecule has 0 amide bonds. The average Bonchev–Trinajstić information content (AvgIpc) is 2.64. The Balaban J connectivity index is 2.69. The van der Waals surface area contributed by atoms with Gasteiger partial charge in [0.15, 0.2) is 0 Å². The van der Waals surface area contributed by atoms with Gasteiger partial charge < -0.3 is 5.73 Å². The zero-order valence-electron chi connectivity index (χ0n) is 9.06. The topological polar surface area (TPSA) is 29.3 Å². The van der Waals surface area contributed by atoms with E-state index in [1.54, 1.807) is 6.92 Å². The summed E-state index contributed by atoms with van der Waals surface area (Å²) in [6.07, 6.45) is -0.374. The first-order valence-corrected chi connectivity index (χ1v) is 5.53. The second kappa shape index (κ2) is 5.16. The number of alkyl halides is 3. The van der Waals surface area contributed by atoms with Crippen LogP contribution in [0.15, 0.2) is 0 Å². The highest BCUT2D eigenvalue weighted by Crippen LogP contribution is 2.31. The van der Waals surface area contributed by atoms with Gasteiger partial charge >= 0.3 is 6.18 Å². The summed E-state index contributed by atoms with van der Waals surface area (Å²) in [7, 11) is 0. The van der Waals surface area contributed by atoms with Crippen LogP contribution in [0.1, 0.15) is 32.6 Å². The van der Waals surface area contributed by atoms with Crippen LogP contribution in [-0.2, 0) is 0 Å². The maximum Gasteiger partial charge on any atom is 0.405 e. The molecule has 0 spiro atoms. The summed E-state index contributed by atoms with van der Waals surface area (Å²) in [5.74, 6) is 0. The van der Waals surface area contributed by atoms with Crippen LogP contribution in [0.2, 0.25) is 0 Å². The summed E-state index contributed by atoms with van der Waals surface area (Å²) in [6.45, 7) is 1.85. The van der Waals surface area contributed by atoms with Gasteiger partial charge in [0, 0.05) is 12.6 Å². The van der Waals surface area contributed by atoms with E-state index in [9.17, 15) is 13.2 Å². The summed E-state index contributed by atoms with van der Waals surface area (Å²) in [4.78, 5) is 1.52. The molecule has 0 aromatic rings. The van der Waals surface area contributed by atoms with Crippen molar-refractivity contribution < 1.29 is 13.2 Å². The first-order chi connectivity index (χ1) is 7.00. The minimum absolute atomic E-state index is 0.0742. The molecule has 90 valence electrons. The van der Waals surface area contributed by atoms with Crippen LogP contribution in [0, 0.1) is 0 Å². The number of nitrogens with zero attached hydrogens (tertiary/aromatic N) is 1. The Labute approximate surface area is 88.6 Å². The van der Waals surface area contributed by atoms with E-state index in [1.165, 1.54) is 4.90 Å². The van der Waals surface area contributed by atoms with Gasteiger partial charge in [-0.2, -0.15) is 13.2 Å². The molecule has 1 unspecified atom stereocenters. The second-order valence-electron chi connectivity index (χ2n) is 4.06. The van der Waals surface area contributed by atoms with Gasteiger partial charge in [0.25, 0.3) is 0 Å². The maximum atomic E-state index is 12.7. The van der Waals surface area contributed by atoms with Gasteiger partial charge in [-0.25, -0.2) is 0 Å². The molecular weight excluding hydrogens is 205 g/mol. The quantitative estimate of drug-likeness (QED) is 0.792. The minimum atomic E-state index is -4.20. The lowest BCUT2D eigenvalue weighted by atomic mass is 10.1. The molecule has 1 fully saturated rings. The van der Waals surface area contributed by atoms with Crippen molar-refractivity contribution in [2.75, 3.05) is 13.1 Å². The van der Waals surface area contributed by atoms with Gasteiger partial charge in [-0.05, 0) is 19.4 Å². The highest BCUT2D eigenvalue weighted by Gasteiger charge is 2.44. The summed E-state index contributed by atoms with van der Waals surface area (Å²) in [5, 5.41) is 0. The zero-order valence-corrected chi connectivity index (χ0v) is 9.06. The summed E-state index contributed by atoms with van der Waals surface area (Å²) >= 11 is 0. The van der Waals surface area contributed by atoms with Gasteiger partial charge in [-0.1, -0.05) is 19.8 Å². The smallest absolute Gasteiger partial charge is 0.329 e. The summed E-state index contributed by atoms with van der Waals surface area (Å²) < 4.78 is 38.1. The van der Waals surface area contributed by atoms with E-state index in [0.29, 0.717) is 6.54 Å². The van der Waals surface area contributed by atoms with Crippen molar-refractivity contribution in [3.8, 4) is 0 Å². The molecule has 1 aliphatic carbocycles. The molecule has 0 bridgehead atoms. The molecule has 2 nitrogen and oxygen atoms in total. The molecule has 0 aromatic heterocycles. The van der Waals surface area contributed by atoms with E-state index < -0.39 is 12.2 Å². The fourth-order valence-electron chi connectivity index (χ4n) is 2.43. The minimum Gasteiger partial charge on any atom is -0.329 e. The Bertz CT molecular complexity index is 188. The van der Waals surface area contributed by atoms with Gasteiger partial charge in [0.1, 0.15) is 6.04 Å². The lowest BCUT2D eigenvalue weighted by Gasteiger charge is -2.35. The van der Waals surface area contributed by atoms with Crippen molar-refractivity contribution in [1.29, 1.82) is 0 Å². The Morgan fingerprint density at radius 3 is 2.20 bits per heavy atom. The monoisotopic (exact) mass is 224 g/mol. The molecule has 1 saturated carbocycles. The zero-order chi connectivity index (χ0) is 11.5. The lowest BCUT2D eigenvalue weighted by molar-refractivity contribution is -0.186. The lowest BCUT2D eigenvalue weighted by Crippen LogP contribution is -2.53. The third-order valence-corrected chi connectivity index (χ3v) is 3.16. The fourth-order valence-corrected chi connectivity index (χ4v) is 2.43. The Morgan fingerprint density at radius 1 is 1.33 bits per heavy atom. The van der Waals surface area contributed by atoms with Crippen LogP contribution >= 0.6 is 0 Å². The average molecular weight is 224 g/mol. The van der Waals surface area contributed by atoms with E-state index in [0.717, 1.165) is 25.7 Å². The molecule has 0 radical (unpaired) electrons. The summed E-state index contributed by atoms with van der Waals surface area (Å²) in [5.41, 5.74) is 5.24. The van der Waals surface area contributed by atoms with Crippen molar-refractivity contribution in [3.05, 3.63) is 0 Å². The third-order valence-electron chi connectivity index (χ3n) is 3.16. The highest BCUT2D eigenvalue weighted by molar-refractivity contribution is 4.86. The Kier molecular flexibility index (Phi) is 4.40. The fraction of sp³-hybridized carbons (Fsp3) is 1.00. The number of hydrogen-bond acceptors (Lipinski definition) is 2. The Hall–Kier alpha value is -0.290. The largest absolute Gasteiger partial charge is 0.405 e. The highest BCUT2D eigenvalue weighted by atomic mass is 19.4. The molecule has 1 aliphatic rings. The number of rotatable bonds is 4. The van der Waals surface area contributed by atoms with Crippen molar-refractivity contribution in [2.24, 2.45) is 5.73 Å². The van der Waals surface area contributed by atoms with Crippen molar-refractivity contribution in [1.82, 2.24) is 4.90 Å². The van der Waals surface area contributed by atoms with Gasteiger partial charge in [-0.15, -0.1) is 0 Å². The molecule has 5 heteroatoms. The van der Waals surface area contributed by atoms with Gasteiger partial charge in [-0.3, -0.25) is 4.90 Å². The van der Waals surface area contributed by atoms with E-state index in [4.69, 9.17) is 5.73 Å². The molecule has 0 saturated heterocycles. The molecule has 1 atom stereocenters. The van der Waals surface area contributed by atoms with E-state index in [-0.39, 0.29) is 12.6 Å². The predicted molar refractivity (Wildman–Crippen MR) is 53.5 cm³/mol. The van der Waals surface area contributed by atoms with Crippen molar-refractivity contribution >= 4 is 0 Å². The Morgan fingerprint density at radius 2 is 1.87 bits per heavy atom. The van der Waals surface area contributed by atoms with Crippen LogP contribution in [0.25, 0.3) is 0 Å². The molecule has 2 N–H and O–H groups in total. The van der Waals surface area contributed by atoms with Crippen LogP contribution in [0.3, 0.4) is 0 Å². The number of hydrogen-bond donors (Lipinski definition) is 1. The van der Waals surface area contributed by atoms with E-state index >= 15 is 0 Å². The van der Waals surface area contributed by atoms with Crippen LogP contribution in [-0.4, -0.2) is 36.2 Å². The molecule has 1 rings (SSSR count). The van der Waals surface area contributed by atoms with Crippen LogP contribution < -0.4 is 5.73 Å². The predicted octanol–water partition coefficient (Wildman–Crippen LogP) is 2.14. The molecule has 15 heavy (non-hydrogen) atoms. The van der Waals surface area contributed by atoms with E-state index in [2.05, 4.69) is 0 Å².